The van der Waals surface area contributed by atoms with E-state index in [2.05, 4.69) is 11.4 Å². The summed E-state index contributed by atoms with van der Waals surface area (Å²) in [5.74, 6) is 0.631. The number of amides is 1. The van der Waals surface area contributed by atoms with Crippen LogP contribution in [0.25, 0.3) is 0 Å². The van der Waals surface area contributed by atoms with Crippen LogP contribution >= 0.6 is 11.8 Å². The highest BCUT2D eigenvalue weighted by atomic mass is 32.2. The molecule has 0 aromatic heterocycles. The van der Waals surface area contributed by atoms with Gasteiger partial charge in [-0.2, -0.15) is 5.26 Å². The highest BCUT2D eigenvalue weighted by molar-refractivity contribution is 7.98. The van der Waals surface area contributed by atoms with Crippen molar-refractivity contribution in [2.24, 2.45) is 0 Å². The number of aryl methyl sites for hydroxylation is 2. The summed E-state index contributed by atoms with van der Waals surface area (Å²) < 4.78 is 0. The van der Waals surface area contributed by atoms with Crippen molar-refractivity contribution in [3.05, 3.63) is 94.5 Å². The summed E-state index contributed by atoms with van der Waals surface area (Å²) >= 11 is 1.62. The summed E-state index contributed by atoms with van der Waals surface area (Å²) in [7, 11) is 0. The summed E-state index contributed by atoms with van der Waals surface area (Å²) in [6.45, 7) is 4.00. The standard InChI is InChI=1S/C23H20N2OS/c1-16-7-8-17(2)21(13-16)25-23(26)20-5-3-4-6-22(20)27-15-19-11-9-18(14-24)10-12-19/h3-13H,15H2,1-2H3,(H,25,26). The number of carbonyl (C=O) groups is 1. The molecular formula is C23H20N2OS. The molecule has 0 radical (unpaired) electrons. The number of nitriles is 1. The predicted molar refractivity (Wildman–Crippen MR) is 111 cm³/mol. The maximum Gasteiger partial charge on any atom is 0.256 e. The molecule has 0 atom stereocenters. The van der Waals surface area contributed by atoms with Crippen LogP contribution in [0.2, 0.25) is 0 Å². The molecule has 3 aromatic rings. The van der Waals surface area contributed by atoms with Crippen molar-refractivity contribution in [2.75, 3.05) is 5.32 Å². The Labute approximate surface area is 164 Å². The number of anilines is 1. The monoisotopic (exact) mass is 372 g/mol. The van der Waals surface area contributed by atoms with Gasteiger partial charge < -0.3 is 5.32 Å². The summed E-state index contributed by atoms with van der Waals surface area (Å²) in [5, 5.41) is 11.9. The first kappa shape index (κ1) is 18.8. The predicted octanol–water partition coefficient (Wildman–Crippen LogP) is 5.72. The van der Waals surface area contributed by atoms with Crippen LogP contribution in [0, 0.1) is 25.2 Å². The fourth-order valence-electron chi connectivity index (χ4n) is 2.68. The first-order chi connectivity index (χ1) is 13.1. The van der Waals surface area contributed by atoms with Gasteiger partial charge in [-0.15, -0.1) is 11.8 Å². The van der Waals surface area contributed by atoms with E-state index in [0.29, 0.717) is 11.1 Å². The molecule has 0 saturated carbocycles. The smallest absolute Gasteiger partial charge is 0.256 e. The quantitative estimate of drug-likeness (QED) is 0.583. The van der Waals surface area contributed by atoms with Crippen molar-refractivity contribution in [3.8, 4) is 6.07 Å². The largest absolute Gasteiger partial charge is 0.322 e. The van der Waals surface area contributed by atoms with Gasteiger partial charge in [0.2, 0.25) is 0 Å². The maximum absolute atomic E-state index is 12.8. The van der Waals surface area contributed by atoms with Crippen LogP contribution in [0.5, 0.6) is 0 Å². The third kappa shape index (κ3) is 4.78. The number of nitrogens with one attached hydrogen (secondary N) is 1. The second-order valence-electron chi connectivity index (χ2n) is 6.37. The normalized spacial score (nSPS) is 10.3. The fraction of sp³-hybridized carbons (Fsp3) is 0.130. The van der Waals surface area contributed by atoms with Gasteiger partial charge in [0.05, 0.1) is 17.2 Å². The third-order valence-corrected chi connectivity index (χ3v) is 5.40. The van der Waals surface area contributed by atoms with Crippen LogP contribution in [-0.4, -0.2) is 5.91 Å². The molecule has 0 spiro atoms. The Morgan fingerprint density at radius 2 is 1.78 bits per heavy atom. The lowest BCUT2D eigenvalue weighted by molar-refractivity contribution is 0.102. The average molecular weight is 372 g/mol. The number of thioether (sulfide) groups is 1. The third-order valence-electron chi connectivity index (χ3n) is 4.25. The van der Waals surface area contributed by atoms with Gasteiger partial charge in [0.1, 0.15) is 0 Å². The van der Waals surface area contributed by atoms with Gasteiger partial charge in [0, 0.05) is 16.3 Å². The van der Waals surface area contributed by atoms with Crippen LogP contribution in [0.4, 0.5) is 5.69 Å². The van der Waals surface area contributed by atoms with E-state index in [1.54, 1.807) is 11.8 Å². The minimum Gasteiger partial charge on any atom is -0.322 e. The van der Waals surface area contributed by atoms with Crippen molar-refractivity contribution in [3.63, 3.8) is 0 Å². The lowest BCUT2D eigenvalue weighted by Crippen LogP contribution is -2.14. The van der Waals surface area contributed by atoms with Gasteiger partial charge in [-0.25, -0.2) is 0 Å². The SMILES string of the molecule is Cc1ccc(C)c(NC(=O)c2ccccc2SCc2ccc(C#N)cc2)c1. The zero-order valence-corrected chi connectivity index (χ0v) is 16.1. The van der Waals surface area contributed by atoms with Crippen molar-refractivity contribution in [1.29, 1.82) is 5.26 Å². The second kappa shape index (κ2) is 8.57. The highest BCUT2D eigenvalue weighted by Crippen LogP contribution is 2.27. The molecule has 3 nitrogen and oxygen atoms in total. The molecule has 27 heavy (non-hydrogen) atoms. The van der Waals surface area contributed by atoms with E-state index < -0.39 is 0 Å². The van der Waals surface area contributed by atoms with Crippen LogP contribution < -0.4 is 5.32 Å². The van der Waals surface area contributed by atoms with Gasteiger partial charge in [-0.3, -0.25) is 4.79 Å². The van der Waals surface area contributed by atoms with Gasteiger partial charge in [0.15, 0.2) is 0 Å². The van der Waals surface area contributed by atoms with Gasteiger partial charge >= 0.3 is 0 Å². The Hall–Kier alpha value is -3.03. The van der Waals surface area contributed by atoms with Crippen molar-refractivity contribution < 1.29 is 4.79 Å². The zero-order chi connectivity index (χ0) is 19.2. The molecule has 0 aliphatic rings. The van der Waals surface area contributed by atoms with E-state index in [9.17, 15) is 4.79 Å². The summed E-state index contributed by atoms with van der Waals surface area (Å²) in [6.07, 6.45) is 0. The highest BCUT2D eigenvalue weighted by Gasteiger charge is 2.13. The fourth-order valence-corrected chi connectivity index (χ4v) is 3.68. The first-order valence-electron chi connectivity index (χ1n) is 8.66. The Morgan fingerprint density at radius 1 is 1.04 bits per heavy atom. The molecule has 1 amide bonds. The number of rotatable bonds is 5. The number of hydrogen-bond acceptors (Lipinski definition) is 3. The van der Waals surface area contributed by atoms with Crippen LogP contribution in [0.1, 0.15) is 32.6 Å². The average Bonchev–Trinajstić information content (AvgIpc) is 2.69. The molecule has 3 aromatic carbocycles. The lowest BCUT2D eigenvalue weighted by atomic mass is 10.1. The molecule has 0 unspecified atom stereocenters. The Balaban J connectivity index is 1.75. The number of nitrogens with zero attached hydrogens (tertiary/aromatic N) is 1. The van der Waals surface area contributed by atoms with Crippen LogP contribution in [0.3, 0.4) is 0 Å². The molecule has 0 bridgehead atoms. The molecule has 0 saturated heterocycles. The van der Waals surface area contributed by atoms with E-state index in [-0.39, 0.29) is 5.91 Å². The molecule has 4 heteroatoms. The second-order valence-corrected chi connectivity index (χ2v) is 7.38. The summed E-state index contributed by atoms with van der Waals surface area (Å²) in [4.78, 5) is 13.8. The first-order valence-corrected chi connectivity index (χ1v) is 9.65. The number of carbonyl (C=O) groups excluding carboxylic acids is 1. The minimum atomic E-state index is -0.105. The molecule has 0 aliphatic heterocycles. The van der Waals surface area contributed by atoms with E-state index in [1.165, 1.54) is 0 Å². The van der Waals surface area contributed by atoms with Gasteiger partial charge in [-0.05, 0) is 60.9 Å². The molecule has 0 aliphatic carbocycles. The zero-order valence-electron chi connectivity index (χ0n) is 15.3. The van der Waals surface area contributed by atoms with E-state index >= 15 is 0 Å². The van der Waals surface area contributed by atoms with Crippen molar-refractivity contribution in [2.45, 2.75) is 24.5 Å². The topological polar surface area (TPSA) is 52.9 Å². The van der Waals surface area contributed by atoms with Gasteiger partial charge in [-0.1, -0.05) is 36.4 Å². The molecule has 0 fully saturated rings. The number of benzene rings is 3. The Kier molecular flexibility index (Phi) is 5.95. The molecule has 134 valence electrons. The van der Waals surface area contributed by atoms with Crippen LogP contribution in [0.15, 0.2) is 71.6 Å². The van der Waals surface area contributed by atoms with Crippen molar-refractivity contribution in [1.82, 2.24) is 0 Å². The van der Waals surface area contributed by atoms with Crippen molar-refractivity contribution >= 4 is 23.4 Å². The van der Waals surface area contributed by atoms with E-state index in [1.807, 2.05) is 80.6 Å². The molecule has 3 rings (SSSR count). The van der Waals surface area contributed by atoms with Gasteiger partial charge in [0.25, 0.3) is 5.91 Å². The molecule has 0 heterocycles. The number of hydrogen-bond donors (Lipinski definition) is 1. The summed E-state index contributed by atoms with van der Waals surface area (Å²) in [5.41, 5.74) is 5.42. The maximum atomic E-state index is 12.8. The minimum absolute atomic E-state index is 0.105. The van der Waals surface area contributed by atoms with Crippen LogP contribution in [-0.2, 0) is 5.75 Å². The van der Waals surface area contributed by atoms with E-state index in [4.69, 9.17) is 5.26 Å². The molecule has 1 N–H and O–H groups in total. The Morgan fingerprint density at radius 3 is 2.52 bits per heavy atom. The Bertz CT molecular complexity index is 1000. The van der Waals surface area contributed by atoms with E-state index in [0.717, 1.165) is 33.0 Å². The molecular weight excluding hydrogens is 352 g/mol. The lowest BCUT2D eigenvalue weighted by Gasteiger charge is -2.12. The summed E-state index contributed by atoms with van der Waals surface area (Å²) in [6, 6.07) is 23.3.